The minimum absolute atomic E-state index is 0.0338. The number of hydrogen-bond donors (Lipinski definition) is 0. The molecule has 3 aromatic rings. The Balaban J connectivity index is 2.59. The summed E-state index contributed by atoms with van der Waals surface area (Å²) < 4.78 is 9.07. The van der Waals surface area contributed by atoms with Gasteiger partial charge in [0.05, 0.1) is 21.5 Å². The van der Waals surface area contributed by atoms with E-state index in [1.165, 1.54) is 6.07 Å². The smallest absolute Gasteiger partial charge is 0.347 e. The molecule has 0 atom stereocenters. The second kappa shape index (κ2) is 4.26. The minimum atomic E-state index is -0.907. The summed E-state index contributed by atoms with van der Waals surface area (Å²) in [5.41, 5.74) is -2.83. The van der Waals surface area contributed by atoms with Crippen molar-refractivity contribution in [3.05, 3.63) is 53.3 Å². The van der Waals surface area contributed by atoms with E-state index in [0.717, 1.165) is 12.8 Å². The molecule has 0 radical (unpaired) electrons. The maximum atomic E-state index is 11.8. The van der Waals surface area contributed by atoms with Crippen molar-refractivity contribution in [1.82, 2.24) is 0 Å². The molecule has 0 unspecified atom stereocenters. The zero-order valence-corrected chi connectivity index (χ0v) is 10.6. The molecule has 3 rings (SSSR count). The molecule has 0 amide bonds. The average molecular weight is 274 g/mol. The molecule has 0 aliphatic carbocycles. The van der Waals surface area contributed by atoms with Gasteiger partial charge in [0, 0.05) is 0 Å². The third-order valence-electron chi connectivity index (χ3n) is 3.41. The van der Waals surface area contributed by atoms with E-state index < -0.39 is 22.5 Å². The van der Waals surface area contributed by atoms with E-state index in [9.17, 15) is 19.2 Å². The highest BCUT2D eigenvalue weighted by molar-refractivity contribution is 6.07. The standard InChI is InChI=1S/C14H10O6/c1-2-3-4-6-5-7-9(13(17)19-11(7)15)10-8(6)12(16)20-14(10)18/h5H,2-4H2,1H3. The van der Waals surface area contributed by atoms with Gasteiger partial charge in [0.2, 0.25) is 0 Å². The van der Waals surface area contributed by atoms with Crippen molar-refractivity contribution < 1.29 is 8.83 Å². The zero-order valence-electron chi connectivity index (χ0n) is 10.6. The van der Waals surface area contributed by atoms with Gasteiger partial charge in [-0.3, -0.25) is 0 Å². The lowest BCUT2D eigenvalue weighted by molar-refractivity contribution is 0.497. The van der Waals surface area contributed by atoms with Crippen LogP contribution in [0.2, 0.25) is 0 Å². The Hall–Kier alpha value is -2.50. The van der Waals surface area contributed by atoms with Crippen LogP contribution in [-0.4, -0.2) is 0 Å². The molecule has 6 nitrogen and oxygen atoms in total. The van der Waals surface area contributed by atoms with Crippen molar-refractivity contribution in [3.8, 4) is 0 Å². The van der Waals surface area contributed by atoms with E-state index in [4.69, 9.17) is 0 Å². The van der Waals surface area contributed by atoms with Gasteiger partial charge in [0.1, 0.15) is 0 Å². The van der Waals surface area contributed by atoms with Crippen LogP contribution in [0.25, 0.3) is 21.5 Å². The molecule has 0 N–H and O–H groups in total. The van der Waals surface area contributed by atoms with Crippen molar-refractivity contribution in [2.75, 3.05) is 0 Å². The summed E-state index contributed by atoms with van der Waals surface area (Å²) >= 11 is 0. The Labute approximate surface area is 110 Å². The van der Waals surface area contributed by atoms with Gasteiger partial charge in [-0.15, -0.1) is 0 Å². The van der Waals surface area contributed by atoms with Crippen molar-refractivity contribution >= 4 is 21.5 Å². The lowest BCUT2D eigenvalue weighted by Crippen LogP contribution is -2.01. The van der Waals surface area contributed by atoms with Crippen LogP contribution < -0.4 is 22.5 Å². The fraction of sp³-hybridized carbons (Fsp3) is 0.286. The number of furan rings is 2. The number of rotatable bonds is 3. The molecule has 1 aromatic carbocycles. The van der Waals surface area contributed by atoms with Crippen molar-refractivity contribution in [2.45, 2.75) is 26.2 Å². The van der Waals surface area contributed by atoms with Gasteiger partial charge in [-0.1, -0.05) is 13.3 Å². The predicted octanol–water partition coefficient (Wildman–Crippen LogP) is 0.838. The zero-order chi connectivity index (χ0) is 14.4. The molecule has 2 heterocycles. The van der Waals surface area contributed by atoms with Crippen LogP contribution in [0.15, 0.2) is 34.1 Å². The highest BCUT2D eigenvalue weighted by Gasteiger charge is 2.22. The number of benzene rings is 1. The largest absolute Gasteiger partial charge is 0.386 e. The molecular weight excluding hydrogens is 264 g/mol. The minimum Gasteiger partial charge on any atom is -0.386 e. The second-order valence-corrected chi connectivity index (χ2v) is 4.67. The molecule has 0 saturated heterocycles. The lowest BCUT2D eigenvalue weighted by atomic mass is 9.99. The molecule has 20 heavy (non-hydrogen) atoms. The van der Waals surface area contributed by atoms with Gasteiger partial charge in [0.25, 0.3) is 0 Å². The van der Waals surface area contributed by atoms with Gasteiger partial charge in [-0.05, 0) is 24.5 Å². The topological polar surface area (TPSA) is 94.6 Å². The highest BCUT2D eigenvalue weighted by Crippen LogP contribution is 2.22. The van der Waals surface area contributed by atoms with Crippen LogP contribution in [0.5, 0.6) is 0 Å². The Kier molecular flexibility index (Phi) is 2.67. The highest BCUT2D eigenvalue weighted by atomic mass is 16.4. The molecule has 102 valence electrons. The van der Waals surface area contributed by atoms with Gasteiger partial charge in [-0.2, -0.15) is 0 Å². The number of hydrogen-bond acceptors (Lipinski definition) is 6. The van der Waals surface area contributed by atoms with E-state index in [0.29, 0.717) is 12.0 Å². The number of fused-ring (bicyclic) bond motifs is 3. The van der Waals surface area contributed by atoms with Crippen LogP contribution in [0.4, 0.5) is 0 Å². The third-order valence-corrected chi connectivity index (χ3v) is 3.41. The van der Waals surface area contributed by atoms with E-state index in [1.807, 2.05) is 6.92 Å². The Morgan fingerprint density at radius 1 is 0.850 bits per heavy atom. The van der Waals surface area contributed by atoms with Crippen molar-refractivity contribution in [3.63, 3.8) is 0 Å². The fourth-order valence-corrected chi connectivity index (χ4v) is 2.49. The number of aryl methyl sites for hydroxylation is 1. The van der Waals surface area contributed by atoms with E-state index in [-0.39, 0.29) is 21.5 Å². The third kappa shape index (κ3) is 1.57. The normalized spacial score (nSPS) is 11.7. The summed E-state index contributed by atoms with van der Waals surface area (Å²) in [6, 6.07) is 1.46. The molecule has 0 saturated carbocycles. The van der Waals surface area contributed by atoms with Gasteiger partial charge in [-0.25, -0.2) is 19.2 Å². The van der Waals surface area contributed by atoms with Gasteiger partial charge < -0.3 is 8.83 Å². The summed E-state index contributed by atoms with van der Waals surface area (Å²) in [5, 5.41) is -0.157. The summed E-state index contributed by atoms with van der Waals surface area (Å²) in [4.78, 5) is 46.8. The summed E-state index contributed by atoms with van der Waals surface area (Å²) in [5.74, 6) is 0. The van der Waals surface area contributed by atoms with Crippen LogP contribution in [0, 0.1) is 0 Å². The maximum Gasteiger partial charge on any atom is 0.347 e. The van der Waals surface area contributed by atoms with Crippen LogP contribution >= 0.6 is 0 Å². The summed E-state index contributed by atoms with van der Waals surface area (Å²) in [7, 11) is 0. The lowest BCUT2D eigenvalue weighted by Gasteiger charge is -2.00. The monoisotopic (exact) mass is 274 g/mol. The van der Waals surface area contributed by atoms with Gasteiger partial charge >= 0.3 is 22.5 Å². The summed E-state index contributed by atoms with van der Waals surface area (Å²) in [6.07, 6.45) is 2.20. The molecule has 0 aliphatic heterocycles. The van der Waals surface area contributed by atoms with E-state index in [2.05, 4.69) is 8.83 Å². The van der Waals surface area contributed by atoms with Crippen LogP contribution in [0.3, 0.4) is 0 Å². The molecule has 0 spiro atoms. The van der Waals surface area contributed by atoms with Gasteiger partial charge in [0.15, 0.2) is 0 Å². The van der Waals surface area contributed by atoms with E-state index in [1.54, 1.807) is 0 Å². The Bertz CT molecular complexity index is 1010. The molecular formula is C14H10O6. The predicted molar refractivity (Wildman–Crippen MR) is 72.1 cm³/mol. The Morgan fingerprint density at radius 2 is 1.45 bits per heavy atom. The fourth-order valence-electron chi connectivity index (χ4n) is 2.49. The summed E-state index contributed by atoms with van der Waals surface area (Å²) in [6.45, 7) is 1.98. The SMILES string of the molecule is CCCCc1cc2c(=O)oc(=O)c2c2c(=O)oc(=O)c12. The average Bonchev–Trinajstić information content (AvgIpc) is 2.85. The number of unbranched alkanes of at least 4 members (excludes halogenated alkanes) is 1. The molecule has 0 aliphatic rings. The van der Waals surface area contributed by atoms with Crippen LogP contribution in [0.1, 0.15) is 25.3 Å². The molecule has 0 fully saturated rings. The van der Waals surface area contributed by atoms with E-state index >= 15 is 0 Å². The Morgan fingerprint density at radius 3 is 2.15 bits per heavy atom. The second-order valence-electron chi connectivity index (χ2n) is 4.67. The van der Waals surface area contributed by atoms with Crippen molar-refractivity contribution in [2.24, 2.45) is 0 Å². The van der Waals surface area contributed by atoms with Crippen molar-refractivity contribution in [1.29, 1.82) is 0 Å². The first-order valence-electron chi connectivity index (χ1n) is 6.27. The quantitative estimate of drug-likeness (QED) is 0.702. The maximum absolute atomic E-state index is 11.8. The first kappa shape index (κ1) is 12.5. The molecule has 6 heteroatoms. The molecule has 0 bridgehead atoms. The van der Waals surface area contributed by atoms with Crippen LogP contribution in [-0.2, 0) is 6.42 Å². The molecule has 2 aromatic heterocycles. The first-order chi connectivity index (χ1) is 9.54. The first-order valence-corrected chi connectivity index (χ1v) is 6.27.